The molecule has 1 aromatic heterocycles. The summed E-state index contributed by atoms with van der Waals surface area (Å²) in [6.07, 6.45) is 3.35. The van der Waals surface area contributed by atoms with Crippen LogP contribution in [0.4, 0.5) is 0 Å². The van der Waals surface area contributed by atoms with Gasteiger partial charge in [0, 0.05) is 42.3 Å². The highest BCUT2D eigenvalue weighted by Crippen LogP contribution is 2.49. The first kappa shape index (κ1) is 24.8. The minimum Gasteiger partial charge on any atom is -0.492 e. The molecule has 2 aliphatic rings. The molecule has 3 heterocycles. The summed E-state index contributed by atoms with van der Waals surface area (Å²) in [5.74, 6) is -0.145. The van der Waals surface area contributed by atoms with Crippen molar-refractivity contribution in [1.29, 1.82) is 0 Å². The van der Waals surface area contributed by atoms with Gasteiger partial charge in [0.1, 0.15) is 11.3 Å². The van der Waals surface area contributed by atoms with Gasteiger partial charge in [-0.3, -0.25) is 4.79 Å². The van der Waals surface area contributed by atoms with E-state index in [1.807, 2.05) is 24.3 Å². The summed E-state index contributed by atoms with van der Waals surface area (Å²) < 4.78 is 17.5. The fourth-order valence-corrected chi connectivity index (χ4v) is 6.38. The molecule has 2 unspecified atom stereocenters. The number of carbonyl (C=O) groups excluding carboxylic acids is 2. The average Bonchev–Trinajstić information content (AvgIpc) is 3.30. The topological polar surface area (TPSA) is 65.1 Å². The zero-order chi connectivity index (χ0) is 25.2. The van der Waals surface area contributed by atoms with Crippen molar-refractivity contribution in [3.8, 4) is 5.75 Å². The highest BCUT2D eigenvalue weighted by atomic mass is 35.5. The number of rotatable bonds is 8. The minimum atomic E-state index is -0.570. The third kappa shape index (κ3) is 4.75. The van der Waals surface area contributed by atoms with Crippen LogP contribution in [0.15, 0.2) is 54.2 Å². The van der Waals surface area contributed by atoms with E-state index in [1.165, 1.54) is 15.0 Å². The molecule has 8 heteroatoms. The lowest BCUT2D eigenvalue weighted by atomic mass is 9.82. The van der Waals surface area contributed by atoms with Crippen LogP contribution < -0.4 is 4.74 Å². The van der Waals surface area contributed by atoms with Crippen LogP contribution in [0.1, 0.15) is 47.9 Å². The molecule has 2 aliphatic heterocycles. The largest absolute Gasteiger partial charge is 0.492 e. The van der Waals surface area contributed by atoms with Gasteiger partial charge >= 0.3 is 5.97 Å². The van der Waals surface area contributed by atoms with Crippen LogP contribution in [-0.2, 0) is 25.5 Å². The smallest absolute Gasteiger partial charge is 0.343 e. The van der Waals surface area contributed by atoms with E-state index in [0.29, 0.717) is 30.4 Å². The quantitative estimate of drug-likeness (QED) is 0.203. The number of esters is 1. The number of halogens is 1. The molecule has 3 aromatic rings. The Morgan fingerprint density at radius 3 is 2.75 bits per heavy atom. The summed E-state index contributed by atoms with van der Waals surface area (Å²) in [5.41, 5.74) is 2.20. The second-order valence-electron chi connectivity index (χ2n) is 8.94. The lowest BCUT2D eigenvalue weighted by molar-refractivity contribution is -0.140. The predicted molar refractivity (Wildman–Crippen MR) is 141 cm³/mol. The maximum absolute atomic E-state index is 13.1. The Hall–Kier alpha value is -2.87. The van der Waals surface area contributed by atoms with Gasteiger partial charge in [0.15, 0.2) is 5.78 Å². The second kappa shape index (κ2) is 10.6. The number of ether oxygens (including phenoxy) is 3. The molecule has 2 atom stereocenters. The molecule has 2 aromatic carbocycles. The van der Waals surface area contributed by atoms with Crippen molar-refractivity contribution in [1.82, 2.24) is 4.90 Å². The molecule has 36 heavy (non-hydrogen) atoms. The standard InChI is InChI=1S/C28H28ClNO5S/c1-3-34-28(32)20-16-30-22(15-24(20)31)19-14-21(29)25(35-10-6-9-33-2)12-18(19)11-23(30)27-13-17-7-4-5-8-26(17)36-27/h4-5,7-8,12-14,16,22-23H,3,6,9-11,15H2,1-2H3. The Labute approximate surface area is 219 Å². The molecule has 0 saturated carbocycles. The number of Topliss-reactive ketones (excluding diaryl/α,β-unsaturated/α-hetero) is 1. The zero-order valence-corrected chi connectivity index (χ0v) is 21.9. The van der Waals surface area contributed by atoms with Gasteiger partial charge in [-0.2, -0.15) is 0 Å². The molecule has 0 aliphatic carbocycles. The lowest BCUT2D eigenvalue weighted by Gasteiger charge is -2.44. The third-order valence-electron chi connectivity index (χ3n) is 6.66. The summed E-state index contributed by atoms with van der Waals surface area (Å²) in [6.45, 7) is 3.08. The Kier molecular flexibility index (Phi) is 7.32. The van der Waals surface area contributed by atoms with Gasteiger partial charge in [-0.25, -0.2) is 4.79 Å². The Morgan fingerprint density at radius 2 is 1.97 bits per heavy atom. The average molecular weight is 526 g/mol. The van der Waals surface area contributed by atoms with Gasteiger partial charge in [-0.1, -0.05) is 29.8 Å². The molecule has 0 saturated heterocycles. The minimum absolute atomic E-state index is 0.0417. The van der Waals surface area contributed by atoms with Crippen molar-refractivity contribution in [3.63, 3.8) is 0 Å². The number of benzene rings is 2. The molecular weight excluding hydrogens is 498 g/mol. The van der Waals surface area contributed by atoms with Crippen LogP contribution in [0.5, 0.6) is 5.75 Å². The molecule has 6 nitrogen and oxygen atoms in total. The van der Waals surface area contributed by atoms with Gasteiger partial charge in [0.05, 0.1) is 30.3 Å². The van der Waals surface area contributed by atoms with E-state index in [-0.39, 0.29) is 36.5 Å². The van der Waals surface area contributed by atoms with Gasteiger partial charge in [0.2, 0.25) is 0 Å². The highest BCUT2D eigenvalue weighted by molar-refractivity contribution is 7.19. The summed E-state index contributed by atoms with van der Waals surface area (Å²) in [5, 5.41) is 1.69. The summed E-state index contributed by atoms with van der Waals surface area (Å²) in [7, 11) is 1.67. The Balaban J connectivity index is 1.57. The fourth-order valence-electron chi connectivity index (χ4n) is 4.98. The summed E-state index contributed by atoms with van der Waals surface area (Å²) in [6, 6.07) is 14.2. The molecule has 5 rings (SSSR count). The molecule has 0 spiro atoms. The van der Waals surface area contributed by atoms with E-state index in [4.69, 9.17) is 25.8 Å². The first-order chi connectivity index (χ1) is 17.5. The van der Waals surface area contributed by atoms with Gasteiger partial charge in [0.25, 0.3) is 0 Å². The zero-order valence-electron chi connectivity index (χ0n) is 20.3. The van der Waals surface area contributed by atoms with Crippen LogP contribution in [-0.4, -0.2) is 43.6 Å². The van der Waals surface area contributed by atoms with Gasteiger partial charge in [-0.05, 0) is 54.1 Å². The van der Waals surface area contributed by atoms with E-state index in [0.717, 1.165) is 17.5 Å². The first-order valence-electron chi connectivity index (χ1n) is 12.1. The van der Waals surface area contributed by atoms with Crippen LogP contribution in [0.2, 0.25) is 5.02 Å². The number of hydrogen-bond acceptors (Lipinski definition) is 7. The number of nitrogens with zero attached hydrogens (tertiary/aromatic N) is 1. The molecule has 0 amide bonds. The number of ketones is 1. The molecule has 0 bridgehead atoms. The number of thiophene rings is 1. The fraction of sp³-hybridized carbons (Fsp3) is 0.357. The van der Waals surface area contributed by atoms with Crippen molar-refractivity contribution in [3.05, 3.63) is 75.3 Å². The first-order valence-corrected chi connectivity index (χ1v) is 13.3. The van der Waals surface area contributed by atoms with Gasteiger partial charge in [-0.15, -0.1) is 11.3 Å². The maximum Gasteiger partial charge on any atom is 0.343 e. The van der Waals surface area contributed by atoms with Crippen molar-refractivity contribution >= 4 is 44.8 Å². The van der Waals surface area contributed by atoms with Crippen molar-refractivity contribution in [2.75, 3.05) is 26.9 Å². The molecule has 0 N–H and O–H groups in total. The maximum atomic E-state index is 13.1. The van der Waals surface area contributed by atoms with Crippen LogP contribution in [0, 0.1) is 0 Å². The Bertz CT molecular complexity index is 1300. The normalized spacial score (nSPS) is 19.0. The monoisotopic (exact) mass is 525 g/mol. The summed E-state index contributed by atoms with van der Waals surface area (Å²) in [4.78, 5) is 29.0. The Morgan fingerprint density at radius 1 is 1.14 bits per heavy atom. The molecule has 0 fully saturated rings. The molecule has 0 radical (unpaired) electrons. The van der Waals surface area contributed by atoms with E-state index in [9.17, 15) is 9.59 Å². The van der Waals surface area contributed by atoms with Crippen LogP contribution in [0.3, 0.4) is 0 Å². The highest BCUT2D eigenvalue weighted by Gasteiger charge is 2.41. The van der Waals surface area contributed by atoms with E-state index in [1.54, 1.807) is 31.6 Å². The third-order valence-corrected chi connectivity index (χ3v) is 8.17. The van der Waals surface area contributed by atoms with Crippen molar-refractivity contribution in [2.24, 2.45) is 0 Å². The number of fused-ring (bicyclic) bond motifs is 4. The van der Waals surface area contributed by atoms with Crippen LogP contribution >= 0.6 is 22.9 Å². The lowest BCUT2D eigenvalue weighted by Crippen LogP contribution is -2.40. The van der Waals surface area contributed by atoms with Gasteiger partial charge < -0.3 is 19.1 Å². The number of carbonyl (C=O) groups is 2. The van der Waals surface area contributed by atoms with E-state index < -0.39 is 5.97 Å². The second-order valence-corrected chi connectivity index (χ2v) is 10.5. The van der Waals surface area contributed by atoms with Crippen LogP contribution in [0.25, 0.3) is 10.1 Å². The van der Waals surface area contributed by atoms with Crippen molar-refractivity contribution < 1.29 is 23.8 Å². The SMILES string of the molecule is CCOC(=O)C1=CN2C(c3cc4ccccc4s3)Cc3cc(OCCCOC)c(Cl)cc3C2CC1=O. The summed E-state index contributed by atoms with van der Waals surface area (Å²) >= 11 is 8.36. The molecule has 188 valence electrons. The number of methoxy groups -OCH3 is 1. The van der Waals surface area contributed by atoms with E-state index >= 15 is 0 Å². The predicted octanol–water partition coefficient (Wildman–Crippen LogP) is 6.03. The van der Waals surface area contributed by atoms with Crippen molar-refractivity contribution in [2.45, 2.75) is 38.3 Å². The molecular formula is C28H28ClNO5S. The van der Waals surface area contributed by atoms with E-state index in [2.05, 4.69) is 23.1 Å². The number of hydrogen-bond donors (Lipinski definition) is 0.